The lowest BCUT2D eigenvalue weighted by Crippen LogP contribution is -2.09. The minimum absolute atomic E-state index is 0.358. The van der Waals surface area contributed by atoms with Gasteiger partial charge in [0.2, 0.25) is 0 Å². The summed E-state index contributed by atoms with van der Waals surface area (Å²) in [6, 6.07) is 9.33. The van der Waals surface area contributed by atoms with Gasteiger partial charge in [-0.05, 0) is 5.82 Å². The lowest BCUT2D eigenvalue weighted by atomic mass is 10.4. The Morgan fingerprint density at radius 3 is 2.54 bits per heavy atom. The van der Waals surface area contributed by atoms with Gasteiger partial charge in [-0.25, -0.2) is 0 Å². The molecule has 1 aliphatic rings. The normalized spacial score (nSPS) is 32.2. The van der Waals surface area contributed by atoms with Crippen LogP contribution in [-0.4, -0.2) is 17.4 Å². The van der Waals surface area contributed by atoms with E-state index in [9.17, 15) is 9.67 Å². The number of aliphatic hydroxyl groups excluding tert-OH is 1. The van der Waals surface area contributed by atoms with E-state index in [1.807, 2.05) is 30.3 Å². The van der Waals surface area contributed by atoms with E-state index in [1.54, 1.807) is 11.9 Å². The molecule has 1 N–H and O–H groups in total. The van der Waals surface area contributed by atoms with E-state index in [4.69, 9.17) is 0 Å². The molecule has 1 heterocycles. The molecule has 0 bridgehead atoms. The Hall–Kier alpha value is -0.850. The molecule has 2 atom stereocenters. The zero-order valence-corrected chi connectivity index (χ0v) is 8.02. The summed E-state index contributed by atoms with van der Waals surface area (Å²) in [6.45, 7) is 0. The van der Waals surface area contributed by atoms with Crippen molar-refractivity contribution in [2.75, 3.05) is 6.16 Å². The standard InChI is InChI=1S/C10H11O2P/c11-9-6-7-13(12,8-9)10-4-2-1-3-5-10/h1-7,9,11H,8H2/t9-,13-/m0/s1. The van der Waals surface area contributed by atoms with Crippen LogP contribution in [0.15, 0.2) is 42.2 Å². The van der Waals surface area contributed by atoms with Gasteiger partial charge in [0.05, 0.1) is 6.10 Å². The largest absolute Gasteiger partial charge is 0.389 e. The van der Waals surface area contributed by atoms with E-state index in [0.29, 0.717) is 6.16 Å². The topological polar surface area (TPSA) is 37.3 Å². The smallest absolute Gasteiger partial charge is 0.139 e. The van der Waals surface area contributed by atoms with Crippen molar-refractivity contribution in [3.63, 3.8) is 0 Å². The van der Waals surface area contributed by atoms with Crippen LogP contribution < -0.4 is 5.30 Å². The third-order valence-corrected chi connectivity index (χ3v) is 4.94. The van der Waals surface area contributed by atoms with Crippen molar-refractivity contribution >= 4 is 12.4 Å². The first-order chi connectivity index (χ1) is 6.21. The van der Waals surface area contributed by atoms with Gasteiger partial charge < -0.3 is 9.67 Å². The van der Waals surface area contributed by atoms with Gasteiger partial charge in [-0.2, -0.15) is 0 Å². The average molecular weight is 194 g/mol. The average Bonchev–Trinajstić information content (AvgIpc) is 2.49. The summed E-state index contributed by atoms with van der Waals surface area (Å²) in [6.07, 6.45) is 1.44. The molecule has 1 aliphatic heterocycles. The lowest BCUT2D eigenvalue weighted by Gasteiger charge is -2.09. The summed E-state index contributed by atoms with van der Waals surface area (Å²) in [5, 5.41) is 10.1. The Balaban J connectivity index is 2.38. The summed E-state index contributed by atoms with van der Waals surface area (Å²) in [5.74, 6) is 1.66. The maximum Gasteiger partial charge on any atom is 0.139 e. The van der Waals surface area contributed by atoms with Crippen LogP contribution in [0.4, 0.5) is 0 Å². The number of hydrogen-bond acceptors (Lipinski definition) is 2. The van der Waals surface area contributed by atoms with Crippen LogP contribution in [0.25, 0.3) is 0 Å². The highest BCUT2D eigenvalue weighted by molar-refractivity contribution is 7.74. The van der Waals surface area contributed by atoms with Gasteiger partial charge in [0, 0.05) is 11.5 Å². The highest BCUT2D eigenvalue weighted by Crippen LogP contribution is 2.50. The molecule has 0 fully saturated rings. The quantitative estimate of drug-likeness (QED) is 0.689. The van der Waals surface area contributed by atoms with Gasteiger partial charge in [-0.15, -0.1) is 0 Å². The van der Waals surface area contributed by atoms with Crippen LogP contribution in [0, 0.1) is 0 Å². The summed E-state index contributed by atoms with van der Waals surface area (Å²) in [5.41, 5.74) is 0. The fraction of sp³-hybridized carbons (Fsp3) is 0.200. The highest BCUT2D eigenvalue weighted by Gasteiger charge is 2.28. The Labute approximate surface area is 77.3 Å². The van der Waals surface area contributed by atoms with Gasteiger partial charge in [-0.3, -0.25) is 0 Å². The molecular formula is C10H11O2P. The van der Waals surface area contributed by atoms with Crippen LogP contribution in [0.1, 0.15) is 0 Å². The lowest BCUT2D eigenvalue weighted by molar-refractivity contribution is 0.249. The minimum atomic E-state index is -2.41. The summed E-state index contributed by atoms with van der Waals surface area (Å²) < 4.78 is 12.2. The molecule has 0 saturated carbocycles. The van der Waals surface area contributed by atoms with Gasteiger partial charge >= 0.3 is 0 Å². The third kappa shape index (κ3) is 1.60. The number of hydrogen-bond donors (Lipinski definition) is 1. The van der Waals surface area contributed by atoms with Crippen molar-refractivity contribution in [1.82, 2.24) is 0 Å². The van der Waals surface area contributed by atoms with Gasteiger partial charge in [0.15, 0.2) is 0 Å². The monoisotopic (exact) mass is 194 g/mol. The summed E-state index contributed by atoms with van der Waals surface area (Å²) in [4.78, 5) is 0. The van der Waals surface area contributed by atoms with Crippen LogP contribution in [0.5, 0.6) is 0 Å². The van der Waals surface area contributed by atoms with E-state index in [2.05, 4.69) is 0 Å². The Kier molecular flexibility index (Phi) is 2.10. The molecule has 0 amide bonds. The van der Waals surface area contributed by atoms with Gasteiger partial charge in [0.1, 0.15) is 7.14 Å². The molecule has 0 aliphatic carbocycles. The van der Waals surface area contributed by atoms with Crippen LogP contribution in [-0.2, 0) is 4.57 Å². The molecule has 68 valence electrons. The summed E-state index contributed by atoms with van der Waals surface area (Å²) >= 11 is 0. The van der Waals surface area contributed by atoms with E-state index >= 15 is 0 Å². The fourth-order valence-electron chi connectivity index (χ4n) is 1.51. The predicted molar refractivity (Wildman–Crippen MR) is 53.7 cm³/mol. The molecule has 0 radical (unpaired) electrons. The van der Waals surface area contributed by atoms with Crippen molar-refractivity contribution in [2.45, 2.75) is 6.10 Å². The number of aliphatic hydroxyl groups is 1. The molecule has 3 heteroatoms. The molecule has 2 rings (SSSR count). The van der Waals surface area contributed by atoms with Crippen LogP contribution in [0.2, 0.25) is 0 Å². The van der Waals surface area contributed by atoms with Crippen LogP contribution >= 0.6 is 7.14 Å². The van der Waals surface area contributed by atoms with Gasteiger partial charge in [-0.1, -0.05) is 36.4 Å². The second-order valence-corrected chi connectivity index (χ2v) is 5.99. The zero-order chi connectivity index (χ0) is 9.31. The fourth-order valence-corrected chi connectivity index (χ4v) is 3.85. The second-order valence-electron chi connectivity index (χ2n) is 3.22. The predicted octanol–water partition coefficient (Wildman–Crippen LogP) is 1.56. The first-order valence-corrected chi connectivity index (χ1v) is 6.19. The molecular weight excluding hydrogens is 183 g/mol. The molecule has 13 heavy (non-hydrogen) atoms. The van der Waals surface area contributed by atoms with Crippen LogP contribution in [0.3, 0.4) is 0 Å². The Bertz CT molecular complexity index is 370. The minimum Gasteiger partial charge on any atom is -0.389 e. The van der Waals surface area contributed by atoms with Crippen molar-refractivity contribution in [3.8, 4) is 0 Å². The van der Waals surface area contributed by atoms with Crippen molar-refractivity contribution in [3.05, 3.63) is 42.2 Å². The maximum absolute atomic E-state index is 12.2. The van der Waals surface area contributed by atoms with E-state index in [0.717, 1.165) is 5.30 Å². The third-order valence-electron chi connectivity index (χ3n) is 2.20. The van der Waals surface area contributed by atoms with Crippen molar-refractivity contribution in [1.29, 1.82) is 0 Å². The van der Waals surface area contributed by atoms with Crippen molar-refractivity contribution < 1.29 is 9.67 Å². The Morgan fingerprint density at radius 2 is 2.00 bits per heavy atom. The first-order valence-electron chi connectivity index (χ1n) is 4.22. The van der Waals surface area contributed by atoms with E-state index in [-0.39, 0.29) is 0 Å². The van der Waals surface area contributed by atoms with E-state index in [1.165, 1.54) is 0 Å². The first kappa shape index (κ1) is 8.74. The molecule has 1 aromatic rings. The van der Waals surface area contributed by atoms with E-state index < -0.39 is 13.2 Å². The zero-order valence-electron chi connectivity index (χ0n) is 7.13. The summed E-state index contributed by atoms with van der Waals surface area (Å²) in [7, 11) is -2.41. The molecule has 0 unspecified atom stereocenters. The molecule has 0 spiro atoms. The van der Waals surface area contributed by atoms with Gasteiger partial charge in [0.25, 0.3) is 0 Å². The Morgan fingerprint density at radius 1 is 1.31 bits per heavy atom. The number of benzene rings is 1. The maximum atomic E-state index is 12.2. The molecule has 0 aromatic heterocycles. The highest BCUT2D eigenvalue weighted by atomic mass is 31.2. The molecule has 0 saturated heterocycles. The molecule has 1 aromatic carbocycles. The molecule has 2 nitrogen and oxygen atoms in total. The number of rotatable bonds is 1. The SMILES string of the molecule is O=[P@@]1(c2ccccc2)C=C[C@H](O)C1. The van der Waals surface area contributed by atoms with Crippen molar-refractivity contribution in [2.24, 2.45) is 0 Å². The second kappa shape index (κ2) is 3.13.